The molecule has 0 aliphatic carbocycles. The molecule has 8 heteroatoms. The lowest BCUT2D eigenvalue weighted by Gasteiger charge is -2.30. The van der Waals surface area contributed by atoms with Gasteiger partial charge in [-0.1, -0.05) is 36.4 Å². The Hall–Kier alpha value is -2.04. The number of aliphatic imine (C=N–C) groups is 1. The molecule has 2 atom stereocenters. The molecule has 0 fully saturated rings. The lowest BCUT2D eigenvalue weighted by Crippen LogP contribution is -2.43. The van der Waals surface area contributed by atoms with Gasteiger partial charge < -0.3 is 25.2 Å². The molecule has 0 spiro atoms. The normalized spacial score (nSPS) is 15.6. The predicted molar refractivity (Wildman–Crippen MR) is 144 cm³/mol. The highest BCUT2D eigenvalue weighted by atomic mass is 127. The Labute approximate surface area is 214 Å². The molecule has 1 aliphatic rings. The molecule has 0 aromatic heterocycles. The zero-order valence-electron chi connectivity index (χ0n) is 19.8. The number of β-amino-alcohol motifs (C(OH)–C–C–N with tert-alkyl or cyclic N) is 1. The average molecular weight is 569 g/mol. The number of nitrogens with zero attached hydrogens (tertiary/aromatic N) is 2. The van der Waals surface area contributed by atoms with Gasteiger partial charge in [-0.3, -0.25) is 9.89 Å². The molecule has 0 saturated heterocycles. The highest BCUT2D eigenvalue weighted by Crippen LogP contribution is 2.26. The quantitative estimate of drug-likeness (QED) is 0.233. The van der Waals surface area contributed by atoms with Gasteiger partial charge in [-0.25, -0.2) is 0 Å². The first-order valence-corrected chi connectivity index (χ1v) is 11.4. The second-order valence-corrected chi connectivity index (χ2v) is 8.09. The molecule has 1 aliphatic heterocycles. The van der Waals surface area contributed by atoms with Gasteiger partial charge in [-0.05, 0) is 43.5 Å². The summed E-state index contributed by atoms with van der Waals surface area (Å²) in [5, 5.41) is 17.1. The zero-order valence-corrected chi connectivity index (χ0v) is 22.1. The minimum atomic E-state index is -0.516. The van der Waals surface area contributed by atoms with Crippen LogP contribution in [-0.4, -0.2) is 68.0 Å². The predicted octanol–water partition coefficient (Wildman–Crippen LogP) is 3.05. The van der Waals surface area contributed by atoms with Gasteiger partial charge in [0, 0.05) is 26.2 Å². The zero-order chi connectivity index (χ0) is 22.8. The maximum atomic E-state index is 10.6. The van der Waals surface area contributed by atoms with E-state index in [9.17, 15) is 5.11 Å². The average Bonchev–Trinajstić information content (AvgIpc) is 2.81. The van der Waals surface area contributed by atoms with Crippen LogP contribution in [0.2, 0.25) is 0 Å². The van der Waals surface area contributed by atoms with E-state index in [0.717, 1.165) is 26.1 Å². The van der Waals surface area contributed by atoms with Crippen molar-refractivity contribution < 1.29 is 14.6 Å². The fourth-order valence-electron chi connectivity index (χ4n) is 3.82. The molecule has 3 rings (SSSR count). The summed E-state index contributed by atoms with van der Waals surface area (Å²) in [4.78, 5) is 6.87. The number of guanidine groups is 1. The molecule has 33 heavy (non-hydrogen) atoms. The third kappa shape index (κ3) is 8.68. The number of hydrogen-bond acceptors (Lipinski definition) is 5. The molecular weight excluding hydrogens is 531 g/mol. The van der Waals surface area contributed by atoms with Gasteiger partial charge in [-0.2, -0.15) is 0 Å². The highest BCUT2D eigenvalue weighted by Gasteiger charge is 2.18. The fourth-order valence-corrected chi connectivity index (χ4v) is 3.82. The van der Waals surface area contributed by atoms with E-state index in [1.54, 1.807) is 7.11 Å². The molecule has 0 amide bonds. The Kier molecular flexibility index (Phi) is 11.8. The summed E-state index contributed by atoms with van der Waals surface area (Å²) in [7, 11) is 1.63. The molecule has 7 nitrogen and oxygen atoms in total. The van der Waals surface area contributed by atoms with Crippen LogP contribution in [0, 0.1) is 0 Å². The first-order chi connectivity index (χ1) is 15.6. The maximum Gasteiger partial charge on any atom is 0.191 e. The van der Waals surface area contributed by atoms with Crippen molar-refractivity contribution in [3.8, 4) is 11.5 Å². The Morgan fingerprint density at radius 1 is 1.09 bits per heavy atom. The number of rotatable bonds is 10. The van der Waals surface area contributed by atoms with Gasteiger partial charge in [0.15, 0.2) is 17.5 Å². The molecule has 2 aromatic carbocycles. The summed E-state index contributed by atoms with van der Waals surface area (Å²) < 4.78 is 11.3. The van der Waals surface area contributed by atoms with Crippen molar-refractivity contribution in [2.24, 2.45) is 4.99 Å². The van der Waals surface area contributed by atoms with E-state index in [-0.39, 0.29) is 30.1 Å². The summed E-state index contributed by atoms with van der Waals surface area (Å²) in [5.74, 6) is 2.10. The standard InChI is InChI=1S/C25H36N4O3.HI/c1-4-26-25(27-15-19(2)32-24-12-8-7-11-23(24)31-3)28-16-22(30)18-29-14-13-20-9-5-6-10-21(20)17-29;/h5-12,19,22,30H,4,13-18H2,1-3H3,(H2,26,27,28);1H. The van der Waals surface area contributed by atoms with E-state index >= 15 is 0 Å². The number of fused-ring (bicyclic) bond motifs is 1. The number of methoxy groups -OCH3 is 1. The monoisotopic (exact) mass is 568 g/mol. The van der Waals surface area contributed by atoms with Crippen LogP contribution in [0.3, 0.4) is 0 Å². The van der Waals surface area contributed by atoms with Crippen molar-refractivity contribution in [3.63, 3.8) is 0 Å². The van der Waals surface area contributed by atoms with Crippen molar-refractivity contribution in [1.82, 2.24) is 15.5 Å². The molecule has 2 aromatic rings. The number of benzene rings is 2. The van der Waals surface area contributed by atoms with Gasteiger partial charge >= 0.3 is 0 Å². The minimum absolute atomic E-state index is 0. The van der Waals surface area contributed by atoms with E-state index in [4.69, 9.17) is 9.47 Å². The first kappa shape index (κ1) is 27.2. The number of aliphatic hydroxyl groups is 1. The van der Waals surface area contributed by atoms with E-state index in [1.807, 2.05) is 38.1 Å². The van der Waals surface area contributed by atoms with Gasteiger partial charge in [0.1, 0.15) is 6.10 Å². The Morgan fingerprint density at radius 2 is 1.79 bits per heavy atom. The van der Waals surface area contributed by atoms with Crippen LogP contribution in [0.1, 0.15) is 25.0 Å². The molecule has 0 radical (unpaired) electrons. The molecule has 3 N–H and O–H groups in total. The van der Waals surface area contributed by atoms with Crippen molar-refractivity contribution in [3.05, 3.63) is 59.7 Å². The van der Waals surface area contributed by atoms with E-state index < -0.39 is 6.10 Å². The highest BCUT2D eigenvalue weighted by molar-refractivity contribution is 14.0. The molecule has 0 bridgehead atoms. The largest absolute Gasteiger partial charge is 0.493 e. The van der Waals surface area contributed by atoms with Crippen molar-refractivity contribution in [2.75, 3.05) is 39.8 Å². The van der Waals surface area contributed by atoms with Crippen molar-refractivity contribution in [1.29, 1.82) is 0 Å². The number of ether oxygens (including phenoxy) is 2. The maximum absolute atomic E-state index is 10.6. The van der Waals surface area contributed by atoms with Crippen LogP contribution in [0.15, 0.2) is 53.5 Å². The first-order valence-electron chi connectivity index (χ1n) is 11.4. The van der Waals surface area contributed by atoms with Crippen molar-refractivity contribution in [2.45, 2.75) is 39.0 Å². The number of nitrogens with one attached hydrogen (secondary N) is 2. The molecular formula is C25H37IN4O3. The van der Waals surface area contributed by atoms with E-state index in [1.165, 1.54) is 11.1 Å². The molecule has 2 unspecified atom stereocenters. The fraction of sp³-hybridized carbons (Fsp3) is 0.480. The minimum Gasteiger partial charge on any atom is -0.493 e. The molecule has 1 heterocycles. The van der Waals surface area contributed by atoms with E-state index in [0.29, 0.717) is 37.1 Å². The number of aliphatic hydroxyl groups excluding tert-OH is 1. The number of hydrogen-bond donors (Lipinski definition) is 3. The Morgan fingerprint density at radius 3 is 2.52 bits per heavy atom. The number of halogens is 1. The van der Waals surface area contributed by atoms with Gasteiger partial charge in [0.2, 0.25) is 0 Å². The van der Waals surface area contributed by atoms with Gasteiger partial charge in [-0.15, -0.1) is 24.0 Å². The third-order valence-electron chi connectivity index (χ3n) is 5.44. The second-order valence-electron chi connectivity index (χ2n) is 8.09. The van der Waals surface area contributed by atoms with Crippen LogP contribution in [-0.2, 0) is 13.0 Å². The van der Waals surface area contributed by atoms with Crippen LogP contribution in [0.25, 0.3) is 0 Å². The van der Waals surface area contributed by atoms with Crippen LogP contribution >= 0.6 is 24.0 Å². The Bertz CT molecular complexity index is 880. The smallest absolute Gasteiger partial charge is 0.191 e. The molecule has 0 saturated carbocycles. The topological polar surface area (TPSA) is 78.4 Å². The lowest BCUT2D eigenvalue weighted by atomic mass is 10.00. The third-order valence-corrected chi connectivity index (χ3v) is 5.44. The Balaban J connectivity index is 0.00000385. The lowest BCUT2D eigenvalue weighted by molar-refractivity contribution is 0.111. The van der Waals surface area contributed by atoms with Gasteiger partial charge in [0.05, 0.1) is 26.3 Å². The summed E-state index contributed by atoms with van der Waals surface area (Å²) in [6.45, 7) is 8.13. The summed E-state index contributed by atoms with van der Waals surface area (Å²) in [5.41, 5.74) is 2.77. The SMILES string of the molecule is CCNC(=NCC(O)CN1CCc2ccccc2C1)NCC(C)Oc1ccccc1OC.I. The van der Waals surface area contributed by atoms with Crippen LogP contribution in [0.4, 0.5) is 0 Å². The summed E-state index contributed by atoms with van der Waals surface area (Å²) >= 11 is 0. The van der Waals surface area contributed by atoms with Crippen molar-refractivity contribution >= 4 is 29.9 Å². The van der Waals surface area contributed by atoms with Crippen LogP contribution in [0.5, 0.6) is 11.5 Å². The summed E-state index contributed by atoms with van der Waals surface area (Å²) in [6.07, 6.45) is 0.423. The summed E-state index contributed by atoms with van der Waals surface area (Å²) in [6, 6.07) is 16.1. The number of para-hydroxylation sites is 2. The second kappa shape index (κ2) is 14.3. The van der Waals surface area contributed by atoms with E-state index in [2.05, 4.69) is 44.8 Å². The molecule has 182 valence electrons. The van der Waals surface area contributed by atoms with Gasteiger partial charge in [0.25, 0.3) is 0 Å². The van der Waals surface area contributed by atoms with Crippen LogP contribution < -0.4 is 20.1 Å².